The number of hydrogen-bond donors (Lipinski definition) is 4. The Hall–Kier alpha value is -1.75. The van der Waals surface area contributed by atoms with Crippen LogP contribution in [0.15, 0.2) is 18.2 Å². The Labute approximate surface area is 99.7 Å². The van der Waals surface area contributed by atoms with E-state index in [2.05, 4.69) is 5.32 Å². The molecule has 0 aromatic heterocycles. The van der Waals surface area contributed by atoms with Crippen molar-refractivity contribution in [1.82, 2.24) is 5.32 Å². The lowest BCUT2D eigenvalue weighted by Gasteiger charge is -2.27. The van der Waals surface area contributed by atoms with E-state index in [1.807, 2.05) is 6.92 Å². The fourth-order valence-electron chi connectivity index (χ4n) is 1.29. The number of hydrogen-bond acceptors (Lipinski definition) is 4. The fourth-order valence-corrected chi connectivity index (χ4v) is 1.29. The number of nitrogens with one attached hydrogen (secondary N) is 1. The van der Waals surface area contributed by atoms with Gasteiger partial charge in [0.25, 0.3) is 5.91 Å². The number of amides is 1. The van der Waals surface area contributed by atoms with E-state index in [9.17, 15) is 15.0 Å². The molecule has 0 aliphatic heterocycles. The highest BCUT2D eigenvalue weighted by Gasteiger charge is 2.25. The molecule has 0 saturated carbocycles. The molecule has 1 rings (SSSR count). The number of phenolic OH excluding ortho intramolecular Hbond substituents is 2. The van der Waals surface area contributed by atoms with Crippen LogP contribution in [-0.4, -0.2) is 33.4 Å². The minimum atomic E-state index is -0.721. The van der Waals surface area contributed by atoms with Crippen LogP contribution in [-0.2, 0) is 0 Å². The van der Waals surface area contributed by atoms with Crippen molar-refractivity contribution in [2.45, 2.75) is 25.8 Å². The van der Waals surface area contributed by atoms with Crippen LogP contribution in [0.25, 0.3) is 0 Å². The summed E-state index contributed by atoms with van der Waals surface area (Å²) in [7, 11) is 0. The quantitative estimate of drug-likeness (QED) is 0.630. The van der Waals surface area contributed by atoms with Crippen LogP contribution in [0, 0.1) is 0 Å². The number of carbonyl (C=O) groups is 1. The molecule has 1 aromatic rings. The van der Waals surface area contributed by atoms with Gasteiger partial charge in [-0.2, -0.15) is 0 Å². The molecule has 0 bridgehead atoms. The Kier molecular flexibility index (Phi) is 3.96. The van der Waals surface area contributed by atoms with Crippen molar-refractivity contribution in [2.24, 2.45) is 0 Å². The van der Waals surface area contributed by atoms with Gasteiger partial charge in [-0.15, -0.1) is 0 Å². The van der Waals surface area contributed by atoms with E-state index >= 15 is 0 Å². The Balaban J connectivity index is 2.90. The molecule has 1 unspecified atom stereocenters. The minimum absolute atomic E-state index is 0.0657. The van der Waals surface area contributed by atoms with Gasteiger partial charge in [0.2, 0.25) is 0 Å². The molecule has 0 fully saturated rings. The molecule has 5 heteroatoms. The number of benzene rings is 1. The van der Waals surface area contributed by atoms with Crippen molar-refractivity contribution >= 4 is 5.91 Å². The average molecular weight is 239 g/mol. The van der Waals surface area contributed by atoms with Crippen LogP contribution in [0.5, 0.6) is 11.5 Å². The van der Waals surface area contributed by atoms with E-state index in [0.717, 1.165) is 6.07 Å². The zero-order valence-electron chi connectivity index (χ0n) is 9.90. The van der Waals surface area contributed by atoms with E-state index in [1.165, 1.54) is 12.1 Å². The molecule has 0 aliphatic carbocycles. The van der Waals surface area contributed by atoms with Crippen molar-refractivity contribution in [3.05, 3.63) is 23.8 Å². The average Bonchev–Trinajstić information content (AvgIpc) is 2.28. The van der Waals surface area contributed by atoms with Gasteiger partial charge < -0.3 is 20.6 Å². The number of rotatable bonds is 4. The topological polar surface area (TPSA) is 89.8 Å². The standard InChI is InChI=1S/C12H17NO4/c1-3-12(2,7-14)13-11(17)9-5-4-8(15)6-10(9)16/h4-6,14-16H,3,7H2,1-2H3,(H,13,17). The normalized spacial score (nSPS) is 14.1. The van der Waals surface area contributed by atoms with Gasteiger partial charge in [0, 0.05) is 6.07 Å². The molecule has 0 spiro atoms. The van der Waals surface area contributed by atoms with Crippen molar-refractivity contribution in [2.75, 3.05) is 6.61 Å². The molecule has 0 radical (unpaired) electrons. The molecule has 94 valence electrons. The zero-order chi connectivity index (χ0) is 13.1. The predicted molar refractivity (Wildman–Crippen MR) is 63.0 cm³/mol. The largest absolute Gasteiger partial charge is 0.508 e. The van der Waals surface area contributed by atoms with Crippen LogP contribution in [0.2, 0.25) is 0 Å². The van der Waals surface area contributed by atoms with Crippen LogP contribution in [0.1, 0.15) is 30.6 Å². The lowest BCUT2D eigenvalue weighted by molar-refractivity contribution is 0.0844. The monoisotopic (exact) mass is 239 g/mol. The van der Waals surface area contributed by atoms with Gasteiger partial charge in [0.05, 0.1) is 17.7 Å². The van der Waals surface area contributed by atoms with Gasteiger partial charge in [-0.25, -0.2) is 0 Å². The lowest BCUT2D eigenvalue weighted by Crippen LogP contribution is -2.48. The molecular weight excluding hydrogens is 222 g/mol. The summed E-state index contributed by atoms with van der Waals surface area (Å²) in [5.74, 6) is -0.890. The first kappa shape index (κ1) is 13.3. The number of aromatic hydroxyl groups is 2. The van der Waals surface area contributed by atoms with E-state index in [1.54, 1.807) is 6.92 Å². The van der Waals surface area contributed by atoms with E-state index in [0.29, 0.717) is 6.42 Å². The maximum Gasteiger partial charge on any atom is 0.255 e. The number of carbonyl (C=O) groups excluding carboxylic acids is 1. The van der Waals surface area contributed by atoms with Crippen molar-refractivity contribution < 1.29 is 20.1 Å². The summed E-state index contributed by atoms with van der Waals surface area (Å²) in [6.45, 7) is 3.36. The smallest absolute Gasteiger partial charge is 0.255 e. The fraction of sp³-hybridized carbons (Fsp3) is 0.417. The highest BCUT2D eigenvalue weighted by Crippen LogP contribution is 2.23. The van der Waals surface area contributed by atoms with Gasteiger partial charge in [-0.05, 0) is 25.5 Å². The number of aliphatic hydroxyl groups is 1. The first-order chi connectivity index (χ1) is 7.91. The van der Waals surface area contributed by atoms with Crippen molar-refractivity contribution in [1.29, 1.82) is 0 Å². The van der Waals surface area contributed by atoms with Crippen LogP contribution in [0.3, 0.4) is 0 Å². The summed E-state index contributed by atoms with van der Waals surface area (Å²) in [5, 5.41) is 30.4. The molecule has 1 atom stereocenters. The molecule has 5 nitrogen and oxygen atoms in total. The Morgan fingerprint density at radius 1 is 1.41 bits per heavy atom. The van der Waals surface area contributed by atoms with Crippen LogP contribution < -0.4 is 5.32 Å². The van der Waals surface area contributed by atoms with Gasteiger partial charge in [-0.3, -0.25) is 4.79 Å². The summed E-state index contributed by atoms with van der Waals surface area (Å²) < 4.78 is 0. The molecule has 1 aromatic carbocycles. The van der Waals surface area contributed by atoms with E-state index < -0.39 is 11.4 Å². The van der Waals surface area contributed by atoms with Gasteiger partial charge in [0.1, 0.15) is 11.5 Å². The van der Waals surface area contributed by atoms with Crippen LogP contribution >= 0.6 is 0 Å². The van der Waals surface area contributed by atoms with Crippen molar-refractivity contribution in [3.63, 3.8) is 0 Å². The zero-order valence-corrected chi connectivity index (χ0v) is 9.90. The molecule has 4 N–H and O–H groups in total. The third-order valence-corrected chi connectivity index (χ3v) is 2.77. The Morgan fingerprint density at radius 3 is 2.53 bits per heavy atom. The van der Waals surface area contributed by atoms with Gasteiger partial charge in [-0.1, -0.05) is 6.92 Å². The van der Waals surface area contributed by atoms with Crippen molar-refractivity contribution in [3.8, 4) is 11.5 Å². The van der Waals surface area contributed by atoms with Gasteiger partial charge in [0.15, 0.2) is 0 Å². The Morgan fingerprint density at radius 2 is 2.06 bits per heavy atom. The number of phenols is 2. The molecular formula is C12H17NO4. The predicted octanol–water partition coefficient (Wildman–Crippen LogP) is 0.989. The SMILES string of the molecule is CCC(C)(CO)NC(=O)c1ccc(O)cc1O. The molecule has 0 aliphatic rings. The van der Waals surface area contributed by atoms with E-state index in [-0.39, 0.29) is 23.7 Å². The maximum absolute atomic E-state index is 11.8. The van der Waals surface area contributed by atoms with Crippen LogP contribution in [0.4, 0.5) is 0 Å². The summed E-state index contributed by atoms with van der Waals surface area (Å²) in [6, 6.07) is 3.74. The second-order valence-electron chi connectivity index (χ2n) is 4.23. The molecule has 0 heterocycles. The third-order valence-electron chi connectivity index (χ3n) is 2.77. The molecule has 17 heavy (non-hydrogen) atoms. The summed E-state index contributed by atoms with van der Waals surface area (Å²) in [4.78, 5) is 11.8. The highest BCUT2D eigenvalue weighted by molar-refractivity contribution is 5.97. The second kappa shape index (κ2) is 5.05. The summed E-state index contributed by atoms with van der Waals surface area (Å²) >= 11 is 0. The molecule has 0 saturated heterocycles. The first-order valence-electron chi connectivity index (χ1n) is 5.37. The second-order valence-corrected chi connectivity index (χ2v) is 4.23. The third kappa shape index (κ3) is 3.10. The van der Waals surface area contributed by atoms with Gasteiger partial charge >= 0.3 is 0 Å². The minimum Gasteiger partial charge on any atom is -0.508 e. The van der Waals surface area contributed by atoms with E-state index in [4.69, 9.17) is 5.11 Å². The maximum atomic E-state index is 11.8. The molecule has 1 amide bonds. The lowest BCUT2D eigenvalue weighted by atomic mass is 9.99. The summed E-state index contributed by atoms with van der Waals surface area (Å²) in [6.07, 6.45) is 0.564. The first-order valence-corrected chi connectivity index (χ1v) is 5.37. The number of aliphatic hydroxyl groups excluding tert-OH is 1. The highest BCUT2D eigenvalue weighted by atomic mass is 16.3. The Bertz CT molecular complexity index is 413. The summed E-state index contributed by atoms with van der Waals surface area (Å²) in [5.41, 5.74) is -0.655.